The zero-order chi connectivity index (χ0) is 13.8. The molecule has 0 saturated carbocycles. The summed E-state index contributed by atoms with van der Waals surface area (Å²) in [5.41, 5.74) is 6.40. The third kappa shape index (κ3) is 5.64. The highest BCUT2D eigenvalue weighted by atomic mass is 35.5. The quantitative estimate of drug-likeness (QED) is 0.846. The Morgan fingerprint density at radius 3 is 2.33 bits per heavy atom. The van der Waals surface area contributed by atoms with Crippen molar-refractivity contribution in [3.8, 4) is 0 Å². The molecule has 8 heteroatoms. The third-order valence-electron chi connectivity index (χ3n) is 3.39. The molecule has 4 nitrogen and oxygen atoms in total. The lowest BCUT2D eigenvalue weighted by molar-refractivity contribution is 0.115. The van der Waals surface area contributed by atoms with Crippen molar-refractivity contribution in [3.05, 3.63) is 28.2 Å². The van der Waals surface area contributed by atoms with Gasteiger partial charge in [0.25, 0.3) is 0 Å². The molecule has 1 aliphatic rings. The summed E-state index contributed by atoms with van der Waals surface area (Å²) in [7, 11) is 0. The van der Waals surface area contributed by atoms with Gasteiger partial charge in [0.15, 0.2) is 0 Å². The van der Waals surface area contributed by atoms with Gasteiger partial charge in [0.05, 0.1) is 21.8 Å². The SMILES string of the molecule is Cl.Cl.NC[C@H](O)CN1CCN(c2cccc(Cl)c2Cl)CC1. The normalized spacial score (nSPS) is 16.9. The molecule has 2 rings (SSSR count). The van der Waals surface area contributed by atoms with Crippen LogP contribution in [0.15, 0.2) is 18.2 Å². The largest absolute Gasteiger partial charge is 0.390 e. The Morgan fingerprint density at radius 2 is 1.76 bits per heavy atom. The highest BCUT2D eigenvalue weighted by molar-refractivity contribution is 6.43. The maximum absolute atomic E-state index is 9.55. The van der Waals surface area contributed by atoms with Crippen LogP contribution in [0, 0.1) is 0 Å². The first-order valence-electron chi connectivity index (χ1n) is 6.41. The lowest BCUT2D eigenvalue weighted by atomic mass is 10.2. The number of aliphatic hydroxyl groups is 1. The predicted molar refractivity (Wildman–Crippen MR) is 94.7 cm³/mol. The molecule has 1 aromatic rings. The molecule has 1 aromatic carbocycles. The van der Waals surface area contributed by atoms with Crippen LogP contribution in [0.4, 0.5) is 5.69 Å². The number of rotatable bonds is 4. The fourth-order valence-electron chi connectivity index (χ4n) is 2.28. The monoisotopic (exact) mass is 375 g/mol. The Bertz CT molecular complexity index is 428. The Morgan fingerprint density at radius 1 is 1.14 bits per heavy atom. The van der Waals surface area contributed by atoms with Crippen molar-refractivity contribution in [2.24, 2.45) is 5.73 Å². The van der Waals surface area contributed by atoms with Crippen molar-refractivity contribution in [1.82, 2.24) is 4.90 Å². The van der Waals surface area contributed by atoms with Gasteiger partial charge in [0.2, 0.25) is 0 Å². The number of nitrogens with two attached hydrogens (primary N) is 1. The second-order valence-electron chi connectivity index (χ2n) is 4.75. The number of nitrogens with zero attached hydrogens (tertiary/aromatic N) is 2. The Labute approximate surface area is 148 Å². The molecule has 3 N–H and O–H groups in total. The first-order valence-corrected chi connectivity index (χ1v) is 7.17. The third-order valence-corrected chi connectivity index (χ3v) is 4.19. The van der Waals surface area contributed by atoms with Gasteiger partial charge in [-0.2, -0.15) is 0 Å². The van der Waals surface area contributed by atoms with Gasteiger partial charge >= 0.3 is 0 Å². The second kappa shape index (κ2) is 9.95. The summed E-state index contributed by atoms with van der Waals surface area (Å²) in [6, 6.07) is 5.69. The summed E-state index contributed by atoms with van der Waals surface area (Å²) >= 11 is 12.3. The number of hydrogen-bond acceptors (Lipinski definition) is 4. The smallest absolute Gasteiger partial charge is 0.0825 e. The van der Waals surface area contributed by atoms with Gasteiger partial charge < -0.3 is 15.7 Å². The molecular formula is C13H21Cl4N3O. The van der Waals surface area contributed by atoms with E-state index in [4.69, 9.17) is 28.9 Å². The molecule has 0 aliphatic carbocycles. The van der Waals surface area contributed by atoms with E-state index >= 15 is 0 Å². The Kier molecular flexibility index (Phi) is 9.98. The zero-order valence-electron chi connectivity index (χ0n) is 11.5. The van der Waals surface area contributed by atoms with E-state index in [2.05, 4.69) is 9.80 Å². The van der Waals surface area contributed by atoms with Crippen LogP contribution in [0.5, 0.6) is 0 Å². The van der Waals surface area contributed by atoms with Crippen molar-refractivity contribution >= 4 is 53.7 Å². The van der Waals surface area contributed by atoms with E-state index in [-0.39, 0.29) is 24.8 Å². The van der Waals surface area contributed by atoms with Crippen LogP contribution in [0.1, 0.15) is 0 Å². The fraction of sp³-hybridized carbons (Fsp3) is 0.538. The lowest BCUT2D eigenvalue weighted by Crippen LogP contribution is -2.49. The van der Waals surface area contributed by atoms with Crippen LogP contribution in [-0.4, -0.2) is 55.4 Å². The van der Waals surface area contributed by atoms with E-state index in [1.54, 1.807) is 6.07 Å². The number of aliphatic hydroxyl groups excluding tert-OH is 1. The number of hydrogen-bond donors (Lipinski definition) is 2. The van der Waals surface area contributed by atoms with Crippen LogP contribution < -0.4 is 10.6 Å². The maximum Gasteiger partial charge on any atom is 0.0825 e. The maximum atomic E-state index is 9.55. The van der Waals surface area contributed by atoms with E-state index in [1.165, 1.54) is 0 Å². The summed E-state index contributed by atoms with van der Waals surface area (Å²) in [5, 5.41) is 10.7. The van der Waals surface area contributed by atoms with Crippen molar-refractivity contribution in [2.45, 2.75) is 6.10 Å². The number of benzene rings is 1. The summed E-state index contributed by atoms with van der Waals surface area (Å²) in [6.07, 6.45) is -0.443. The van der Waals surface area contributed by atoms with Crippen LogP contribution in [-0.2, 0) is 0 Å². The average molecular weight is 377 g/mol. The molecule has 0 radical (unpaired) electrons. The molecule has 1 fully saturated rings. The fourth-order valence-corrected chi connectivity index (χ4v) is 2.70. The lowest BCUT2D eigenvalue weighted by Gasteiger charge is -2.37. The summed E-state index contributed by atoms with van der Waals surface area (Å²) < 4.78 is 0. The minimum Gasteiger partial charge on any atom is -0.390 e. The molecular weight excluding hydrogens is 356 g/mol. The van der Waals surface area contributed by atoms with E-state index in [0.29, 0.717) is 23.1 Å². The van der Waals surface area contributed by atoms with Gasteiger partial charge in [-0.15, -0.1) is 24.8 Å². The predicted octanol–water partition coefficient (Wildman–Crippen LogP) is 2.28. The first-order chi connectivity index (χ1) is 9.11. The minimum absolute atomic E-state index is 0. The standard InChI is InChI=1S/C13H19Cl2N3O.2ClH/c14-11-2-1-3-12(13(11)15)18-6-4-17(5-7-18)9-10(19)8-16;;/h1-3,10,19H,4-9,16H2;2*1H/t10-;;/m0../s1. The zero-order valence-corrected chi connectivity index (χ0v) is 14.7. The van der Waals surface area contributed by atoms with Crippen molar-refractivity contribution < 1.29 is 5.11 Å². The number of anilines is 1. The van der Waals surface area contributed by atoms with Crippen molar-refractivity contribution in [3.63, 3.8) is 0 Å². The molecule has 0 unspecified atom stereocenters. The number of piperazine rings is 1. The molecule has 0 amide bonds. The molecule has 0 spiro atoms. The van der Waals surface area contributed by atoms with Crippen LogP contribution in [0.3, 0.4) is 0 Å². The molecule has 21 heavy (non-hydrogen) atoms. The topological polar surface area (TPSA) is 52.7 Å². The molecule has 0 bridgehead atoms. The number of halogens is 4. The average Bonchev–Trinajstić information content (AvgIpc) is 2.43. The molecule has 1 heterocycles. The highest BCUT2D eigenvalue weighted by Crippen LogP contribution is 2.32. The summed E-state index contributed by atoms with van der Waals surface area (Å²) in [4.78, 5) is 4.44. The molecule has 1 saturated heterocycles. The van der Waals surface area contributed by atoms with Gasteiger partial charge in [-0.05, 0) is 12.1 Å². The molecule has 1 aliphatic heterocycles. The molecule has 0 aromatic heterocycles. The number of β-amino-alcohol motifs (C(OH)–C–C–N with tert-alkyl or cyclic N) is 1. The van der Waals surface area contributed by atoms with Gasteiger partial charge in [0.1, 0.15) is 0 Å². The minimum atomic E-state index is -0.443. The van der Waals surface area contributed by atoms with Gasteiger partial charge in [-0.1, -0.05) is 29.3 Å². The van der Waals surface area contributed by atoms with Crippen LogP contribution in [0.25, 0.3) is 0 Å². The van der Waals surface area contributed by atoms with Crippen molar-refractivity contribution in [1.29, 1.82) is 0 Å². The summed E-state index contributed by atoms with van der Waals surface area (Å²) in [6.45, 7) is 4.46. The first kappa shape index (κ1) is 21.1. The summed E-state index contributed by atoms with van der Waals surface area (Å²) in [5.74, 6) is 0. The highest BCUT2D eigenvalue weighted by Gasteiger charge is 2.20. The van der Waals surface area contributed by atoms with Crippen molar-refractivity contribution in [2.75, 3.05) is 44.2 Å². The van der Waals surface area contributed by atoms with Crippen LogP contribution in [0.2, 0.25) is 10.0 Å². The Balaban J connectivity index is 0.00000200. The van der Waals surface area contributed by atoms with Gasteiger partial charge in [-0.3, -0.25) is 4.90 Å². The van der Waals surface area contributed by atoms with E-state index in [9.17, 15) is 5.11 Å². The molecule has 122 valence electrons. The van der Waals surface area contributed by atoms with Gasteiger partial charge in [0, 0.05) is 39.3 Å². The van der Waals surface area contributed by atoms with Gasteiger partial charge in [-0.25, -0.2) is 0 Å². The van der Waals surface area contributed by atoms with Crippen LogP contribution >= 0.6 is 48.0 Å². The molecule has 1 atom stereocenters. The van der Waals surface area contributed by atoms with E-state index in [1.807, 2.05) is 12.1 Å². The van der Waals surface area contributed by atoms with E-state index < -0.39 is 6.10 Å². The van der Waals surface area contributed by atoms with E-state index in [0.717, 1.165) is 31.9 Å². The second-order valence-corrected chi connectivity index (χ2v) is 5.54. The Hall–Kier alpha value is 0.0600.